The van der Waals surface area contributed by atoms with Gasteiger partial charge >= 0.3 is 18.1 Å². The number of esters is 1. The third kappa shape index (κ3) is 3.47. The van der Waals surface area contributed by atoms with E-state index in [1.165, 1.54) is 13.2 Å². The van der Waals surface area contributed by atoms with E-state index < -0.39 is 29.6 Å². The third-order valence-electron chi connectivity index (χ3n) is 2.38. The van der Waals surface area contributed by atoms with E-state index >= 15 is 0 Å². The molecule has 0 saturated carbocycles. The largest absolute Gasteiger partial charge is 0.497 e. The minimum absolute atomic E-state index is 0.0122. The van der Waals surface area contributed by atoms with Crippen LogP contribution in [-0.4, -0.2) is 31.0 Å². The molecule has 0 unspecified atom stereocenters. The second-order valence-electron chi connectivity index (χ2n) is 3.88. The highest BCUT2D eigenvalue weighted by Gasteiger charge is 2.65. The number of ether oxygens (including phenoxy) is 2. The van der Waals surface area contributed by atoms with E-state index in [-0.39, 0.29) is 11.3 Å². The van der Waals surface area contributed by atoms with E-state index in [9.17, 15) is 31.5 Å². The summed E-state index contributed by atoms with van der Waals surface area (Å²) < 4.78 is 70.5. The van der Waals surface area contributed by atoms with Gasteiger partial charge in [0.25, 0.3) is 0 Å². The molecule has 21 heavy (non-hydrogen) atoms. The number of carbonyl (C=O) groups excluding carboxylic acids is 2. The van der Waals surface area contributed by atoms with Gasteiger partial charge in [-0.2, -0.15) is 22.0 Å². The van der Waals surface area contributed by atoms with Gasteiger partial charge < -0.3 is 9.47 Å². The number of rotatable bonds is 4. The molecule has 9 heteroatoms. The molecule has 0 aliphatic carbocycles. The van der Waals surface area contributed by atoms with Crippen molar-refractivity contribution in [2.45, 2.75) is 19.0 Å². The first-order valence-electron chi connectivity index (χ1n) is 5.36. The second-order valence-corrected chi connectivity index (χ2v) is 3.88. The molecule has 1 aromatic rings. The fourth-order valence-electron chi connectivity index (χ4n) is 1.28. The minimum Gasteiger partial charge on any atom is -0.497 e. The van der Waals surface area contributed by atoms with Crippen LogP contribution in [0, 0.1) is 0 Å². The number of halogens is 5. The predicted molar refractivity (Wildman–Crippen MR) is 59.6 cm³/mol. The Morgan fingerprint density at radius 1 is 1.10 bits per heavy atom. The van der Waals surface area contributed by atoms with Gasteiger partial charge in [0.2, 0.25) is 0 Å². The average Bonchev–Trinajstić information content (AvgIpc) is 2.36. The highest BCUT2D eigenvalue weighted by atomic mass is 19.4. The van der Waals surface area contributed by atoms with Crippen LogP contribution in [0.15, 0.2) is 18.2 Å². The summed E-state index contributed by atoms with van der Waals surface area (Å²) in [6.45, 7) is 1.03. The van der Waals surface area contributed by atoms with Gasteiger partial charge in [-0.1, -0.05) is 0 Å². The number of methoxy groups -OCH3 is 1. The molecule has 1 aromatic carbocycles. The van der Waals surface area contributed by atoms with E-state index in [1.54, 1.807) is 0 Å². The number of alkyl halides is 5. The molecule has 0 bridgehead atoms. The molecular formula is C12H9F5O4. The monoisotopic (exact) mass is 312 g/mol. The summed E-state index contributed by atoms with van der Waals surface area (Å²) >= 11 is 0. The maximum absolute atomic E-state index is 12.8. The normalized spacial score (nSPS) is 12.0. The quantitative estimate of drug-likeness (QED) is 0.371. The van der Waals surface area contributed by atoms with Crippen molar-refractivity contribution in [3.8, 4) is 11.5 Å². The smallest absolute Gasteiger partial charge is 0.465 e. The van der Waals surface area contributed by atoms with Crippen molar-refractivity contribution in [1.82, 2.24) is 0 Å². The van der Waals surface area contributed by atoms with Crippen molar-refractivity contribution >= 4 is 11.8 Å². The molecule has 0 N–H and O–H groups in total. The lowest BCUT2D eigenvalue weighted by atomic mass is 10.1. The molecule has 0 amide bonds. The number of ketones is 1. The summed E-state index contributed by atoms with van der Waals surface area (Å²) in [5.41, 5.74) is -0.331. The number of benzene rings is 1. The Labute approximate surface area is 115 Å². The van der Waals surface area contributed by atoms with Crippen LogP contribution in [-0.2, 0) is 4.79 Å². The van der Waals surface area contributed by atoms with Crippen LogP contribution in [0.5, 0.6) is 11.5 Å². The van der Waals surface area contributed by atoms with Crippen LogP contribution in [0.1, 0.15) is 17.3 Å². The number of hydrogen-bond donors (Lipinski definition) is 0. The fourth-order valence-corrected chi connectivity index (χ4v) is 1.28. The lowest BCUT2D eigenvalue weighted by Crippen LogP contribution is -2.46. The summed E-state index contributed by atoms with van der Waals surface area (Å²) in [6.07, 6.45) is -6.10. The minimum atomic E-state index is -6.10. The van der Waals surface area contributed by atoms with Gasteiger partial charge in [-0.05, 0) is 19.1 Å². The zero-order valence-corrected chi connectivity index (χ0v) is 10.8. The number of carbonyl (C=O) groups is 2. The summed E-state index contributed by atoms with van der Waals surface area (Å²) in [5, 5.41) is 0. The van der Waals surface area contributed by atoms with E-state index in [1.807, 2.05) is 0 Å². The standard InChI is InChI=1S/C12H9F5O4/c1-6(18)8-4-3-7(20-2)5-9(8)21-10(19)11(13,14)12(15,16)17/h3-5H,1-2H3. The Kier molecular flexibility index (Phi) is 4.55. The summed E-state index contributed by atoms with van der Waals surface area (Å²) in [4.78, 5) is 22.3. The van der Waals surface area contributed by atoms with Crippen LogP contribution in [0.3, 0.4) is 0 Å². The Morgan fingerprint density at radius 3 is 2.10 bits per heavy atom. The lowest BCUT2D eigenvalue weighted by molar-refractivity contribution is -0.276. The summed E-state index contributed by atoms with van der Waals surface area (Å²) in [5.74, 6) is -9.93. The molecule has 0 spiro atoms. The zero-order chi connectivity index (χ0) is 16.4. The Hall–Kier alpha value is -2.19. The molecule has 1 rings (SSSR count). The van der Waals surface area contributed by atoms with E-state index in [0.29, 0.717) is 0 Å². The Bertz CT molecular complexity index is 565. The van der Waals surface area contributed by atoms with Crippen molar-refractivity contribution in [3.63, 3.8) is 0 Å². The SMILES string of the molecule is COc1ccc(C(C)=O)c(OC(=O)C(F)(F)C(F)(F)F)c1. The van der Waals surface area contributed by atoms with Crippen LogP contribution < -0.4 is 9.47 Å². The first-order chi connectivity index (χ1) is 9.50. The highest BCUT2D eigenvalue weighted by Crippen LogP contribution is 2.37. The van der Waals surface area contributed by atoms with Crippen molar-refractivity contribution in [3.05, 3.63) is 23.8 Å². The molecule has 0 aliphatic rings. The molecule has 0 atom stereocenters. The van der Waals surface area contributed by atoms with Gasteiger partial charge in [-0.3, -0.25) is 4.79 Å². The Morgan fingerprint density at radius 2 is 1.67 bits per heavy atom. The molecule has 0 radical (unpaired) electrons. The van der Waals surface area contributed by atoms with Crippen molar-refractivity contribution in [2.75, 3.05) is 7.11 Å². The van der Waals surface area contributed by atoms with E-state index in [0.717, 1.165) is 19.1 Å². The molecule has 0 heterocycles. The highest BCUT2D eigenvalue weighted by molar-refractivity contribution is 5.98. The fraction of sp³-hybridized carbons (Fsp3) is 0.333. The molecule has 0 saturated heterocycles. The first kappa shape index (κ1) is 16.9. The summed E-state index contributed by atoms with van der Waals surface area (Å²) in [6, 6.07) is 3.20. The number of Topliss-reactive ketones (excluding diaryl/α,β-unsaturated/α-hetero) is 1. The van der Waals surface area contributed by atoms with Gasteiger partial charge in [-0.15, -0.1) is 0 Å². The van der Waals surface area contributed by atoms with Crippen molar-refractivity contribution in [1.29, 1.82) is 0 Å². The van der Waals surface area contributed by atoms with Crippen LogP contribution in [0.4, 0.5) is 22.0 Å². The van der Waals surface area contributed by atoms with Crippen molar-refractivity contribution < 1.29 is 41.0 Å². The molecule has 0 aromatic heterocycles. The maximum Gasteiger partial charge on any atom is 0.465 e. The van der Waals surface area contributed by atoms with Gasteiger partial charge in [-0.25, -0.2) is 4.79 Å². The van der Waals surface area contributed by atoms with E-state index in [4.69, 9.17) is 4.74 Å². The number of hydrogen-bond acceptors (Lipinski definition) is 4. The molecular weight excluding hydrogens is 303 g/mol. The lowest BCUT2D eigenvalue weighted by Gasteiger charge is -2.18. The average molecular weight is 312 g/mol. The van der Waals surface area contributed by atoms with Gasteiger partial charge in [0.05, 0.1) is 12.7 Å². The van der Waals surface area contributed by atoms with Gasteiger partial charge in [0, 0.05) is 6.07 Å². The van der Waals surface area contributed by atoms with Crippen molar-refractivity contribution in [2.24, 2.45) is 0 Å². The third-order valence-corrected chi connectivity index (χ3v) is 2.38. The molecule has 0 fully saturated rings. The van der Waals surface area contributed by atoms with Crippen LogP contribution in [0.25, 0.3) is 0 Å². The van der Waals surface area contributed by atoms with Gasteiger partial charge in [0.15, 0.2) is 5.78 Å². The maximum atomic E-state index is 12.8. The molecule has 4 nitrogen and oxygen atoms in total. The van der Waals surface area contributed by atoms with Gasteiger partial charge in [0.1, 0.15) is 11.5 Å². The first-order valence-corrected chi connectivity index (χ1v) is 5.36. The van der Waals surface area contributed by atoms with E-state index in [2.05, 4.69) is 4.74 Å². The molecule has 0 aliphatic heterocycles. The topological polar surface area (TPSA) is 52.6 Å². The second kappa shape index (κ2) is 5.66. The Balaban J connectivity index is 3.18. The summed E-state index contributed by atoms with van der Waals surface area (Å²) in [7, 11) is 1.19. The zero-order valence-electron chi connectivity index (χ0n) is 10.8. The van der Waals surface area contributed by atoms with Crippen LogP contribution >= 0.6 is 0 Å². The van der Waals surface area contributed by atoms with Crippen LogP contribution in [0.2, 0.25) is 0 Å². The molecule has 116 valence electrons. The predicted octanol–water partition coefficient (Wildman–Crippen LogP) is 3.00.